The van der Waals surface area contributed by atoms with Crippen LogP contribution in [0.25, 0.3) is 21.9 Å². The predicted octanol–water partition coefficient (Wildman–Crippen LogP) is 9.85. The van der Waals surface area contributed by atoms with E-state index in [4.69, 9.17) is 9.15 Å². The monoisotopic (exact) mass is 530 g/mol. The molecule has 4 aromatic rings. The Hall–Kier alpha value is -3.09. The van der Waals surface area contributed by atoms with Crippen molar-refractivity contribution in [2.45, 2.75) is 77.0 Å². The molecule has 1 fully saturated rings. The lowest BCUT2D eigenvalue weighted by molar-refractivity contribution is 0.315. The Labute approximate surface area is 218 Å². The van der Waals surface area contributed by atoms with E-state index in [1.165, 1.54) is 6.07 Å². The summed E-state index contributed by atoms with van der Waals surface area (Å²) in [6, 6.07) is 8.03. The largest absolute Gasteiger partial charge is 0.491 e. The Balaban J connectivity index is 1.39. The summed E-state index contributed by atoms with van der Waals surface area (Å²) in [5.74, 6) is -5.80. The van der Waals surface area contributed by atoms with Crippen LogP contribution in [0.15, 0.2) is 34.7 Å². The third kappa shape index (κ3) is 4.76. The lowest BCUT2D eigenvalue weighted by Gasteiger charge is -2.29. The molecule has 1 aromatic heterocycles. The van der Waals surface area contributed by atoms with E-state index in [2.05, 4.69) is 6.92 Å². The van der Waals surface area contributed by atoms with Crippen molar-refractivity contribution in [1.82, 2.24) is 0 Å². The van der Waals surface area contributed by atoms with E-state index in [-0.39, 0.29) is 46.7 Å². The maximum Gasteiger partial charge on any atom is 0.201 e. The fourth-order valence-electron chi connectivity index (χ4n) is 5.86. The first kappa shape index (κ1) is 26.5. The molecule has 0 unspecified atom stereocenters. The van der Waals surface area contributed by atoms with Crippen molar-refractivity contribution >= 4 is 21.9 Å². The van der Waals surface area contributed by atoms with Gasteiger partial charge in [0, 0.05) is 6.07 Å². The van der Waals surface area contributed by atoms with E-state index in [1.54, 1.807) is 13.0 Å². The third-order valence-corrected chi connectivity index (χ3v) is 7.85. The third-order valence-electron chi connectivity index (χ3n) is 7.85. The van der Waals surface area contributed by atoms with Gasteiger partial charge in [-0.25, -0.2) is 17.6 Å². The topological polar surface area (TPSA) is 22.4 Å². The van der Waals surface area contributed by atoms with Crippen LogP contribution in [0.2, 0.25) is 0 Å². The van der Waals surface area contributed by atoms with Crippen LogP contribution < -0.4 is 4.74 Å². The highest BCUT2D eigenvalue weighted by Gasteiger charge is 2.31. The summed E-state index contributed by atoms with van der Waals surface area (Å²) in [5, 5.41) is -0.864. The summed E-state index contributed by atoms with van der Waals surface area (Å²) in [7, 11) is 0. The minimum absolute atomic E-state index is 0.00726. The number of benzene rings is 3. The summed E-state index contributed by atoms with van der Waals surface area (Å²) < 4.78 is 85.5. The molecule has 0 atom stereocenters. The summed E-state index contributed by atoms with van der Waals surface area (Å²) >= 11 is 0. The average molecular weight is 531 g/mol. The SMILES string of the molecule is CCCCCc1ccc(C2CCC(c3cc4oc5cc(OCC)c(F)c(F)c5c4c(F)c3F)CC2)c(F)c1. The zero-order chi connectivity index (χ0) is 27.0. The van der Waals surface area contributed by atoms with Gasteiger partial charge in [0.2, 0.25) is 5.82 Å². The van der Waals surface area contributed by atoms with E-state index in [0.717, 1.165) is 37.3 Å². The van der Waals surface area contributed by atoms with Crippen molar-refractivity contribution in [2.75, 3.05) is 6.61 Å². The van der Waals surface area contributed by atoms with Crippen LogP contribution in [-0.2, 0) is 6.42 Å². The lowest BCUT2D eigenvalue weighted by Crippen LogP contribution is -2.15. The second-order valence-corrected chi connectivity index (χ2v) is 10.2. The Morgan fingerprint density at radius 1 is 0.737 bits per heavy atom. The first-order valence-corrected chi connectivity index (χ1v) is 13.5. The minimum atomic E-state index is -1.34. The Kier molecular flexibility index (Phi) is 7.64. The van der Waals surface area contributed by atoms with Crippen LogP contribution in [-0.4, -0.2) is 6.61 Å². The quantitative estimate of drug-likeness (QED) is 0.167. The van der Waals surface area contributed by atoms with Crippen molar-refractivity contribution in [2.24, 2.45) is 0 Å². The number of furan rings is 1. The van der Waals surface area contributed by atoms with E-state index in [0.29, 0.717) is 31.2 Å². The minimum Gasteiger partial charge on any atom is -0.491 e. The summed E-state index contributed by atoms with van der Waals surface area (Å²) in [4.78, 5) is 0. The maximum absolute atomic E-state index is 15.3. The van der Waals surface area contributed by atoms with Gasteiger partial charge in [0.1, 0.15) is 17.0 Å². The van der Waals surface area contributed by atoms with Crippen LogP contribution in [0, 0.1) is 29.1 Å². The molecule has 0 N–H and O–H groups in total. The highest BCUT2D eigenvalue weighted by Crippen LogP contribution is 2.45. The number of ether oxygens (including phenoxy) is 1. The van der Waals surface area contributed by atoms with Crippen LogP contribution in [0.1, 0.15) is 87.3 Å². The van der Waals surface area contributed by atoms with Gasteiger partial charge in [0.25, 0.3) is 0 Å². The lowest BCUT2D eigenvalue weighted by atomic mass is 9.75. The van der Waals surface area contributed by atoms with Crippen LogP contribution in [0.4, 0.5) is 22.0 Å². The molecular weight excluding hydrogens is 499 g/mol. The fourth-order valence-corrected chi connectivity index (χ4v) is 5.86. The van der Waals surface area contributed by atoms with E-state index >= 15 is 8.78 Å². The number of hydrogen-bond acceptors (Lipinski definition) is 2. The zero-order valence-electron chi connectivity index (χ0n) is 21.6. The molecule has 0 aliphatic heterocycles. The number of aryl methyl sites for hydroxylation is 1. The molecule has 1 heterocycles. The van der Waals surface area contributed by atoms with Gasteiger partial charge in [-0.05, 0) is 86.1 Å². The molecule has 0 radical (unpaired) electrons. The van der Waals surface area contributed by atoms with Gasteiger partial charge in [-0.1, -0.05) is 31.9 Å². The number of fused-ring (bicyclic) bond motifs is 3. The number of rotatable bonds is 8. The van der Waals surface area contributed by atoms with Crippen LogP contribution in [0.3, 0.4) is 0 Å². The number of halogens is 5. The maximum atomic E-state index is 15.3. The predicted molar refractivity (Wildman–Crippen MR) is 138 cm³/mol. The smallest absolute Gasteiger partial charge is 0.201 e. The Morgan fingerprint density at radius 3 is 2.00 bits per heavy atom. The number of unbranched alkanes of at least 4 members (excludes halogenated alkanes) is 2. The number of hydrogen-bond donors (Lipinski definition) is 0. The zero-order valence-corrected chi connectivity index (χ0v) is 21.6. The van der Waals surface area contributed by atoms with Gasteiger partial charge < -0.3 is 9.15 Å². The first-order valence-electron chi connectivity index (χ1n) is 13.5. The van der Waals surface area contributed by atoms with E-state index < -0.39 is 34.0 Å². The normalized spacial score (nSPS) is 18.0. The van der Waals surface area contributed by atoms with Crippen LogP contribution >= 0.6 is 0 Å². The molecule has 1 aliphatic rings. The second kappa shape index (κ2) is 11.0. The molecule has 5 rings (SSSR count). The van der Waals surface area contributed by atoms with Crippen molar-refractivity contribution in [1.29, 1.82) is 0 Å². The molecule has 1 saturated carbocycles. The standard InChI is InChI=1S/C31H31F5O2/c1-3-5-6-7-17-8-13-20(22(32)14-17)18-9-11-19(12-10-18)21-15-23-26(30(35)28(21)33)27-24(38-23)16-25(37-4-2)29(34)31(27)36/h8,13-16,18-19H,3-7,9-12H2,1-2H3. The average Bonchev–Trinajstić information content (AvgIpc) is 3.28. The van der Waals surface area contributed by atoms with E-state index in [9.17, 15) is 13.2 Å². The molecule has 1 aliphatic carbocycles. The fraction of sp³-hybridized carbons (Fsp3) is 0.419. The summed E-state index contributed by atoms with van der Waals surface area (Å²) in [6.07, 6.45) is 6.47. The molecule has 7 heteroatoms. The molecule has 0 saturated heterocycles. The van der Waals surface area contributed by atoms with Gasteiger partial charge >= 0.3 is 0 Å². The first-order chi connectivity index (χ1) is 18.3. The highest BCUT2D eigenvalue weighted by molar-refractivity contribution is 6.06. The van der Waals surface area contributed by atoms with Gasteiger partial charge in [0.15, 0.2) is 23.2 Å². The second-order valence-electron chi connectivity index (χ2n) is 10.2. The van der Waals surface area contributed by atoms with Crippen molar-refractivity contribution in [3.63, 3.8) is 0 Å². The molecule has 2 nitrogen and oxygen atoms in total. The Morgan fingerprint density at radius 2 is 1.37 bits per heavy atom. The Bertz CT molecular complexity index is 1470. The van der Waals surface area contributed by atoms with Crippen LogP contribution in [0.5, 0.6) is 5.75 Å². The molecule has 38 heavy (non-hydrogen) atoms. The molecule has 0 spiro atoms. The summed E-state index contributed by atoms with van der Waals surface area (Å²) in [6.45, 7) is 3.85. The molecular formula is C31H31F5O2. The van der Waals surface area contributed by atoms with Gasteiger partial charge in [-0.3, -0.25) is 0 Å². The molecule has 3 aromatic carbocycles. The van der Waals surface area contributed by atoms with Gasteiger partial charge in [-0.15, -0.1) is 0 Å². The highest BCUT2D eigenvalue weighted by atomic mass is 19.2. The van der Waals surface area contributed by atoms with Gasteiger partial charge in [-0.2, -0.15) is 4.39 Å². The van der Waals surface area contributed by atoms with E-state index in [1.807, 2.05) is 12.1 Å². The van der Waals surface area contributed by atoms with Crippen molar-refractivity contribution < 1.29 is 31.1 Å². The molecule has 0 bridgehead atoms. The molecule has 202 valence electrons. The van der Waals surface area contributed by atoms with Gasteiger partial charge in [0.05, 0.1) is 17.4 Å². The summed E-state index contributed by atoms with van der Waals surface area (Å²) in [5.41, 5.74) is 1.65. The van der Waals surface area contributed by atoms with Crippen molar-refractivity contribution in [3.05, 3.63) is 76.1 Å². The molecule has 0 amide bonds. The van der Waals surface area contributed by atoms with Crippen molar-refractivity contribution in [3.8, 4) is 5.75 Å².